The van der Waals surface area contributed by atoms with E-state index in [0.29, 0.717) is 10.9 Å². The number of para-hydroxylation sites is 1. The van der Waals surface area contributed by atoms with Crippen LogP contribution in [0.15, 0.2) is 24.3 Å². The zero-order valence-electron chi connectivity index (χ0n) is 14.7. The first kappa shape index (κ1) is 17.8. The van der Waals surface area contributed by atoms with Gasteiger partial charge in [0.15, 0.2) is 6.10 Å². The van der Waals surface area contributed by atoms with Crippen molar-refractivity contribution in [3.05, 3.63) is 41.1 Å². The number of urea groups is 1. The number of primary amides is 1. The third kappa shape index (κ3) is 3.37. The van der Waals surface area contributed by atoms with Crippen LogP contribution in [0.2, 0.25) is 0 Å². The van der Waals surface area contributed by atoms with E-state index in [4.69, 9.17) is 10.5 Å². The Labute approximate surface area is 150 Å². The Kier molecular flexibility index (Phi) is 4.88. The van der Waals surface area contributed by atoms with Crippen LogP contribution >= 0.6 is 0 Å². The van der Waals surface area contributed by atoms with Crippen LogP contribution in [0.4, 0.5) is 4.79 Å². The average Bonchev–Trinajstić information content (AvgIpc) is 3.03. The van der Waals surface area contributed by atoms with Gasteiger partial charge in [0.05, 0.1) is 11.1 Å². The molecule has 1 aliphatic rings. The van der Waals surface area contributed by atoms with E-state index >= 15 is 0 Å². The average molecular weight is 355 g/mol. The molecule has 0 saturated carbocycles. The molecule has 1 aromatic heterocycles. The van der Waals surface area contributed by atoms with Gasteiger partial charge in [-0.1, -0.05) is 32.0 Å². The third-order valence-corrected chi connectivity index (χ3v) is 4.47. The van der Waals surface area contributed by atoms with Crippen molar-refractivity contribution in [1.29, 1.82) is 0 Å². The predicted octanol–water partition coefficient (Wildman–Crippen LogP) is 2.10. The van der Waals surface area contributed by atoms with Gasteiger partial charge in [0.2, 0.25) is 0 Å². The summed E-state index contributed by atoms with van der Waals surface area (Å²) in [6.45, 7) is 3.46. The van der Waals surface area contributed by atoms with Crippen molar-refractivity contribution >= 4 is 28.8 Å². The van der Waals surface area contributed by atoms with Gasteiger partial charge in [-0.3, -0.25) is 15.1 Å². The van der Waals surface area contributed by atoms with Gasteiger partial charge in [0, 0.05) is 11.1 Å². The number of rotatable bonds is 4. The number of nitrogens with zero attached hydrogens (tertiary/aromatic N) is 1. The summed E-state index contributed by atoms with van der Waals surface area (Å²) >= 11 is 0. The van der Waals surface area contributed by atoms with Gasteiger partial charge >= 0.3 is 12.0 Å². The maximum absolute atomic E-state index is 13.0. The van der Waals surface area contributed by atoms with E-state index in [1.165, 1.54) is 0 Å². The number of carbonyl (C=O) groups is 3. The second-order valence-electron chi connectivity index (χ2n) is 6.71. The van der Waals surface area contributed by atoms with Crippen LogP contribution in [-0.4, -0.2) is 29.0 Å². The topological polar surface area (TPSA) is 111 Å². The van der Waals surface area contributed by atoms with Crippen molar-refractivity contribution in [3.63, 3.8) is 0 Å². The molecule has 0 saturated heterocycles. The second kappa shape index (κ2) is 7.11. The van der Waals surface area contributed by atoms with Gasteiger partial charge in [-0.15, -0.1) is 0 Å². The summed E-state index contributed by atoms with van der Waals surface area (Å²) in [5.41, 5.74) is 7.97. The van der Waals surface area contributed by atoms with Crippen LogP contribution in [0.1, 0.15) is 41.9 Å². The number of aryl methyl sites for hydroxylation is 1. The zero-order chi connectivity index (χ0) is 18.8. The highest BCUT2D eigenvalue weighted by molar-refractivity contribution is 6.06. The van der Waals surface area contributed by atoms with Crippen LogP contribution in [0, 0.1) is 5.92 Å². The van der Waals surface area contributed by atoms with E-state index in [0.717, 1.165) is 36.0 Å². The van der Waals surface area contributed by atoms with Gasteiger partial charge in [-0.25, -0.2) is 9.59 Å². The summed E-state index contributed by atoms with van der Waals surface area (Å²) in [5.74, 6) is -1.63. The van der Waals surface area contributed by atoms with Gasteiger partial charge in [-0.2, -0.15) is 0 Å². The van der Waals surface area contributed by atoms with Gasteiger partial charge < -0.3 is 10.5 Å². The minimum Gasteiger partial charge on any atom is -0.448 e. The standard InChI is InChI=1S/C19H21N3O4/c1-10(2)16(17(23)22-19(20)25)26-18(24)15-11-6-3-4-8-13(11)21-14-9-5-7-12(14)15/h3-4,6,8,10,16H,5,7,9H2,1-2H3,(H3,20,22,23,25)/t16-/m0/s1. The fourth-order valence-electron chi connectivity index (χ4n) is 3.30. The summed E-state index contributed by atoms with van der Waals surface area (Å²) in [6, 6.07) is 6.40. The lowest BCUT2D eigenvalue weighted by Gasteiger charge is -2.21. The first-order valence-electron chi connectivity index (χ1n) is 8.60. The van der Waals surface area contributed by atoms with Gasteiger partial charge in [-0.05, 0) is 36.8 Å². The largest absolute Gasteiger partial charge is 0.448 e. The highest BCUT2D eigenvalue weighted by atomic mass is 16.5. The molecule has 0 aliphatic heterocycles. The molecular weight excluding hydrogens is 334 g/mol. The lowest BCUT2D eigenvalue weighted by molar-refractivity contribution is -0.130. The first-order valence-corrected chi connectivity index (χ1v) is 8.60. The number of nitrogens with one attached hydrogen (secondary N) is 1. The van der Waals surface area contributed by atoms with E-state index in [2.05, 4.69) is 4.98 Å². The molecule has 0 unspecified atom stereocenters. The van der Waals surface area contributed by atoms with Crippen LogP contribution in [-0.2, 0) is 22.4 Å². The lowest BCUT2D eigenvalue weighted by atomic mass is 10.0. The number of aromatic nitrogens is 1. The molecule has 1 heterocycles. The lowest BCUT2D eigenvalue weighted by Crippen LogP contribution is -2.45. The molecule has 3 amide bonds. The third-order valence-electron chi connectivity index (χ3n) is 4.47. The SMILES string of the molecule is CC(C)[C@H](OC(=O)c1c2c(nc3ccccc13)CCC2)C(=O)NC(N)=O. The number of ether oxygens (including phenoxy) is 1. The number of fused-ring (bicyclic) bond motifs is 2. The van der Waals surface area contributed by atoms with Crippen molar-refractivity contribution < 1.29 is 19.1 Å². The summed E-state index contributed by atoms with van der Waals surface area (Å²) in [7, 11) is 0. The number of amides is 3. The molecule has 0 radical (unpaired) electrons. The summed E-state index contributed by atoms with van der Waals surface area (Å²) in [6.07, 6.45) is 1.38. The molecule has 0 bridgehead atoms. The highest BCUT2D eigenvalue weighted by Gasteiger charge is 2.31. The molecule has 136 valence electrons. The Balaban J connectivity index is 1.99. The van der Waals surface area contributed by atoms with Crippen LogP contribution in [0.3, 0.4) is 0 Å². The van der Waals surface area contributed by atoms with E-state index in [9.17, 15) is 14.4 Å². The molecule has 7 heteroatoms. The summed E-state index contributed by atoms with van der Waals surface area (Å²) < 4.78 is 5.51. The predicted molar refractivity (Wildman–Crippen MR) is 95.5 cm³/mol. The Morgan fingerprint density at radius 2 is 1.92 bits per heavy atom. The van der Waals surface area contributed by atoms with E-state index in [1.807, 2.05) is 29.6 Å². The fourth-order valence-corrected chi connectivity index (χ4v) is 3.30. The highest BCUT2D eigenvalue weighted by Crippen LogP contribution is 2.31. The molecule has 0 fully saturated rings. The molecule has 1 atom stereocenters. The molecule has 3 rings (SSSR count). The van der Waals surface area contributed by atoms with Gasteiger partial charge in [0.1, 0.15) is 0 Å². The van der Waals surface area contributed by atoms with Crippen molar-refractivity contribution in [2.24, 2.45) is 11.7 Å². The molecule has 0 spiro atoms. The van der Waals surface area contributed by atoms with Crippen molar-refractivity contribution in [1.82, 2.24) is 10.3 Å². The Morgan fingerprint density at radius 1 is 1.19 bits per heavy atom. The van der Waals surface area contributed by atoms with Crippen molar-refractivity contribution in [3.8, 4) is 0 Å². The Hall–Kier alpha value is -2.96. The summed E-state index contributed by atoms with van der Waals surface area (Å²) in [4.78, 5) is 40.7. The molecule has 26 heavy (non-hydrogen) atoms. The Morgan fingerprint density at radius 3 is 2.62 bits per heavy atom. The summed E-state index contributed by atoms with van der Waals surface area (Å²) in [5, 5.41) is 2.69. The minimum absolute atomic E-state index is 0.320. The molecule has 7 nitrogen and oxygen atoms in total. The normalized spacial score (nSPS) is 14.1. The number of esters is 1. The van der Waals surface area contributed by atoms with Crippen LogP contribution < -0.4 is 11.1 Å². The van der Waals surface area contributed by atoms with Gasteiger partial charge in [0.25, 0.3) is 5.91 Å². The first-order chi connectivity index (χ1) is 12.4. The number of hydrogen-bond acceptors (Lipinski definition) is 5. The minimum atomic E-state index is -1.11. The molecule has 1 aliphatic carbocycles. The number of benzene rings is 1. The smallest absolute Gasteiger partial charge is 0.339 e. The van der Waals surface area contributed by atoms with Crippen molar-refractivity contribution in [2.75, 3.05) is 0 Å². The quantitative estimate of drug-likeness (QED) is 0.816. The fraction of sp³-hybridized carbons (Fsp3) is 0.368. The monoisotopic (exact) mass is 355 g/mol. The number of hydrogen-bond donors (Lipinski definition) is 2. The van der Waals surface area contributed by atoms with Crippen molar-refractivity contribution in [2.45, 2.75) is 39.2 Å². The number of carbonyl (C=O) groups excluding carboxylic acids is 3. The zero-order valence-corrected chi connectivity index (χ0v) is 14.7. The van der Waals surface area contributed by atoms with E-state index in [1.54, 1.807) is 13.8 Å². The number of nitrogens with two attached hydrogens (primary N) is 1. The maximum atomic E-state index is 13.0. The van der Waals surface area contributed by atoms with E-state index in [-0.39, 0.29) is 5.92 Å². The van der Waals surface area contributed by atoms with Crippen LogP contribution in [0.25, 0.3) is 10.9 Å². The number of imide groups is 1. The van der Waals surface area contributed by atoms with Crippen LogP contribution in [0.5, 0.6) is 0 Å². The molecule has 1 aromatic carbocycles. The second-order valence-corrected chi connectivity index (χ2v) is 6.71. The molecule has 3 N–H and O–H groups in total. The van der Waals surface area contributed by atoms with E-state index < -0.39 is 24.0 Å². The number of pyridine rings is 1. The molecular formula is C19H21N3O4. The maximum Gasteiger partial charge on any atom is 0.339 e. The molecule has 2 aromatic rings. The Bertz CT molecular complexity index is 892.